The first-order valence-electron chi connectivity index (χ1n) is 11.9. The Labute approximate surface area is 221 Å². The van der Waals surface area contributed by atoms with Crippen LogP contribution in [0.4, 0.5) is 0 Å². The fourth-order valence-corrected chi connectivity index (χ4v) is 4.84. The number of hydrogen-bond acceptors (Lipinski definition) is 9. The molecule has 0 aliphatic heterocycles. The van der Waals surface area contributed by atoms with E-state index < -0.39 is 51.9 Å². The van der Waals surface area contributed by atoms with E-state index >= 15 is 0 Å². The van der Waals surface area contributed by atoms with E-state index in [4.69, 9.17) is 21.8 Å². The number of nitrogens with one attached hydrogen (secondary N) is 2. The molecular weight excluding hydrogens is 518 g/mol. The van der Waals surface area contributed by atoms with Crippen LogP contribution >= 0.6 is 0 Å². The summed E-state index contributed by atoms with van der Waals surface area (Å²) in [6.45, 7) is 3.59. The maximum Gasteiger partial charge on any atom is 0.303 e. The molecule has 1 rings (SSSR count). The molecule has 0 heterocycles. The minimum atomic E-state index is -4.08. The van der Waals surface area contributed by atoms with E-state index in [1.54, 1.807) is 0 Å². The van der Waals surface area contributed by atoms with Crippen molar-refractivity contribution >= 4 is 39.8 Å². The Morgan fingerprint density at radius 1 is 1.03 bits per heavy atom. The van der Waals surface area contributed by atoms with E-state index in [9.17, 15) is 27.6 Å². The second-order valence-corrected chi connectivity index (χ2v) is 10.5. The number of oxime groups is 1. The summed E-state index contributed by atoms with van der Waals surface area (Å²) in [7, 11) is -4.08. The minimum absolute atomic E-state index is 0.154. The Morgan fingerprint density at radius 3 is 2.24 bits per heavy atom. The molecule has 0 spiro atoms. The third kappa shape index (κ3) is 13.0. The molecule has 0 radical (unpaired) electrons. The Balaban J connectivity index is 2.74. The molecule has 2 atom stereocenters. The molecule has 0 fully saturated rings. The molecule has 38 heavy (non-hydrogen) atoms. The number of allylic oxidation sites excluding steroid dienone is 1. The van der Waals surface area contributed by atoms with Gasteiger partial charge in [0.2, 0.25) is 15.9 Å². The van der Waals surface area contributed by atoms with Crippen LogP contribution in [0.15, 0.2) is 41.7 Å². The maximum absolute atomic E-state index is 12.7. The number of carboxylic acids is 1. The average molecular weight is 554 g/mol. The lowest BCUT2D eigenvalue weighted by Gasteiger charge is -2.18. The number of carbonyl (C=O) groups excluding carboxylic acids is 3. The van der Waals surface area contributed by atoms with Gasteiger partial charge in [0.1, 0.15) is 6.29 Å². The van der Waals surface area contributed by atoms with Crippen molar-refractivity contribution in [1.82, 2.24) is 10.0 Å². The van der Waals surface area contributed by atoms with Crippen molar-refractivity contribution in [3.05, 3.63) is 47.7 Å². The fourth-order valence-electron chi connectivity index (χ4n) is 3.44. The number of amidine groups is 1. The molecule has 13 nitrogen and oxygen atoms in total. The van der Waals surface area contributed by atoms with Gasteiger partial charge in [-0.3, -0.25) is 14.4 Å². The highest BCUT2D eigenvalue weighted by atomic mass is 32.2. The Hall–Kier alpha value is -3.78. The standard InChI is InChI=1S/C24H35N5O8S/c1-16(25)4-2-3-5-19(14-30)27-22(32)12-11-21(31)20(10-13-23(33)34)29-38(36,37)15-17-6-8-18(9-7-17)24(26)28-35/h6-9,14,19-20,29,35H,1-5,10-13,15,25H2,(H2,26,28)(H,27,32)(H,33,34)/t19-,20-/m0/s1. The minimum Gasteiger partial charge on any atom is -0.481 e. The summed E-state index contributed by atoms with van der Waals surface area (Å²) in [6.07, 6.45) is 1.48. The van der Waals surface area contributed by atoms with Crippen molar-refractivity contribution in [3.63, 3.8) is 0 Å². The van der Waals surface area contributed by atoms with E-state index in [2.05, 4.69) is 21.8 Å². The molecule has 1 aromatic carbocycles. The van der Waals surface area contributed by atoms with Crippen LogP contribution in [0.3, 0.4) is 0 Å². The highest BCUT2D eigenvalue weighted by Gasteiger charge is 2.26. The molecule has 0 saturated carbocycles. The summed E-state index contributed by atoms with van der Waals surface area (Å²) in [4.78, 5) is 47.3. The van der Waals surface area contributed by atoms with Gasteiger partial charge in [0, 0.05) is 30.5 Å². The van der Waals surface area contributed by atoms with Crippen molar-refractivity contribution in [2.24, 2.45) is 16.6 Å². The number of benzene rings is 1. The number of carbonyl (C=O) groups is 4. The molecule has 1 aromatic rings. The number of rotatable bonds is 19. The van der Waals surface area contributed by atoms with E-state index in [0.717, 1.165) is 0 Å². The number of sulfonamides is 1. The van der Waals surface area contributed by atoms with E-state index in [1.165, 1.54) is 24.3 Å². The number of carboxylic acid groups (broad SMARTS) is 1. The fraction of sp³-hybridized carbons (Fsp3) is 0.458. The Kier molecular flexibility index (Phi) is 13.7. The molecule has 0 aliphatic rings. The molecule has 1 amide bonds. The van der Waals surface area contributed by atoms with Crippen LogP contribution in [0.25, 0.3) is 0 Å². The number of hydrogen-bond donors (Lipinski definition) is 6. The predicted molar refractivity (Wildman–Crippen MR) is 139 cm³/mol. The highest BCUT2D eigenvalue weighted by molar-refractivity contribution is 7.88. The molecule has 0 saturated heterocycles. The Morgan fingerprint density at radius 2 is 1.68 bits per heavy atom. The van der Waals surface area contributed by atoms with Crippen molar-refractivity contribution in [3.8, 4) is 0 Å². The maximum atomic E-state index is 12.7. The van der Waals surface area contributed by atoms with Crippen LogP contribution in [-0.4, -0.2) is 60.6 Å². The lowest BCUT2D eigenvalue weighted by Crippen LogP contribution is -2.42. The number of aliphatic carboxylic acids is 1. The first kappa shape index (κ1) is 32.2. The van der Waals surface area contributed by atoms with Gasteiger partial charge in [-0.1, -0.05) is 42.4 Å². The number of unbranched alkanes of at least 4 members (excludes halogenated alkanes) is 1. The van der Waals surface area contributed by atoms with E-state index in [0.29, 0.717) is 48.8 Å². The number of ketones is 1. The summed E-state index contributed by atoms with van der Waals surface area (Å²) >= 11 is 0. The first-order chi connectivity index (χ1) is 17.9. The summed E-state index contributed by atoms with van der Waals surface area (Å²) < 4.78 is 27.6. The number of nitrogens with zero attached hydrogens (tertiary/aromatic N) is 1. The average Bonchev–Trinajstić information content (AvgIpc) is 2.86. The van der Waals surface area contributed by atoms with E-state index in [-0.39, 0.29) is 25.1 Å². The lowest BCUT2D eigenvalue weighted by molar-refractivity contribution is -0.137. The van der Waals surface area contributed by atoms with Gasteiger partial charge in [-0.05, 0) is 31.2 Å². The second-order valence-electron chi connectivity index (χ2n) is 8.72. The van der Waals surface area contributed by atoms with Gasteiger partial charge in [0.25, 0.3) is 0 Å². The SMILES string of the molecule is C=C(N)CCCC[C@@H](C=O)NC(=O)CCC(=O)[C@H](CCC(=O)O)NS(=O)(=O)Cc1ccc(/C(N)=N\O)cc1. The number of amides is 1. The first-order valence-corrected chi connectivity index (χ1v) is 13.5. The van der Waals surface area contributed by atoms with Crippen LogP contribution in [0.2, 0.25) is 0 Å². The zero-order valence-electron chi connectivity index (χ0n) is 21.0. The van der Waals surface area contributed by atoms with Gasteiger partial charge in [0.05, 0.1) is 17.8 Å². The normalized spacial score (nSPS) is 13.3. The number of aldehydes is 1. The Bertz CT molecular complexity index is 1120. The quantitative estimate of drug-likeness (QED) is 0.0347. The molecule has 0 bridgehead atoms. The van der Waals surface area contributed by atoms with Crippen LogP contribution in [0, 0.1) is 0 Å². The molecule has 0 aromatic heterocycles. The third-order valence-corrected chi connectivity index (χ3v) is 6.80. The zero-order chi connectivity index (χ0) is 28.7. The molecular formula is C24H35N5O8S. The van der Waals surface area contributed by atoms with Crippen LogP contribution < -0.4 is 21.5 Å². The zero-order valence-corrected chi connectivity index (χ0v) is 21.8. The summed E-state index contributed by atoms with van der Waals surface area (Å²) in [5, 5.41) is 23.1. The van der Waals surface area contributed by atoms with Crippen molar-refractivity contribution < 1.29 is 37.9 Å². The van der Waals surface area contributed by atoms with Gasteiger partial charge in [-0.25, -0.2) is 13.1 Å². The van der Waals surface area contributed by atoms with Crippen molar-refractivity contribution in [1.29, 1.82) is 0 Å². The third-order valence-electron chi connectivity index (χ3n) is 5.44. The smallest absolute Gasteiger partial charge is 0.303 e. The van der Waals surface area contributed by atoms with Gasteiger partial charge >= 0.3 is 5.97 Å². The topological polar surface area (TPSA) is 231 Å². The van der Waals surface area contributed by atoms with Crippen molar-refractivity contribution in [2.45, 2.75) is 69.2 Å². The van der Waals surface area contributed by atoms with Crippen molar-refractivity contribution in [2.75, 3.05) is 0 Å². The molecule has 210 valence electrons. The molecule has 14 heteroatoms. The number of Topliss-reactive ketones (excluding diaryl/α,β-unsaturated/α-hetero) is 1. The highest BCUT2D eigenvalue weighted by Crippen LogP contribution is 2.12. The van der Waals surface area contributed by atoms with E-state index in [1.807, 2.05) is 0 Å². The summed E-state index contributed by atoms with van der Waals surface area (Å²) in [6, 6.07) is 3.70. The summed E-state index contributed by atoms with van der Waals surface area (Å²) in [5.74, 6) is -3.11. The molecule has 8 N–H and O–H groups in total. The molecule has 0 aliphatic carbocycles. The van der Waals surface area contributed by atoms with Crippen LogP contribution in [0.5, 0.6) is 0 Å². The predicted octanol–water partition coefficient (Wildman–Crippen LogP) is 0.500. The second kappa shape index (κ2) is 16.1. The van der Waals surface area contributed by atoms with Gasteiger partial charge in [0.15, 0.2) is 11.6 Å². The monoisotopic (exact) mass is 553 g/mol. The summed E-state index contributed by atoms with van der Waals surface area (Å²) in [5.41, 5.74) is 12.2. The van der Waals surface area contributed by atoms with Gasteiger partial charge in [-0.2, -0.15) is 0 Å². The largest absolute Gasteiger partial charge is 0.481 e. The van der Waals surface area contributed by atoms with Crippen LogP contribution in [-0.2, 0) is 35.0 Å². The van der Waals surface area contributed by atoms with Gasteiger partial charge in [-0.15, -0.1) is 0 Å². The lowest BCUT2D eigenvalue weighted by atomic mass is 10.0. The molecule has 0 unspecified atom stereocenters. The number of nitrogens with two attached hydrogens (primary N) is 2. The van der Waals surface area contributed by atoms with Crippen LogP contribution in [0.1, 0.15) is 62.5 Å². The van der Waals surface area contributed by atoms with Gasteiger partial charge < -0.3 is 31.9 Å².